The summed E-state index contributed by atoms with van der Waals surface area (Å²) in [6.45, 7) is 4.52. The lowest BCUT2D eigenvalue weighted by molar-refractivity contribution is -0.119. The van der Waals surface area contributed by atoms with Gasteiger partial charge in [0.25, 0.3) is 0 Å². The number of nitrogens with two attached hydrogens (primary N) is 1. The van der Waals surface area contributed by atoms with Crippen LogP contribution in [0, 0.1) is 0 Å². The van der Waals surface area contributed by atoms with Crippen LogP contribution in [0.1, 0.15) is 75.0 Å². The van der Waals surface area contributed by atoms with Crippen molar-refractivity contribution in [2.24, 2.45) is 0 Å². The molecule has 0 aliphatic heterocycles. The molecule has 0 aliphatic carbocycles. The minimum absolute atomic E-state index is 0.334. The molecular weight excluding hydrogens is 318 g/mol. The molecule has 0 saturated heterocycles. The number of rotatable bonds is 11. The average Bonchev–Trinajstić information content (AvgIpc) is 2.67. The molecule has 0 aromatic heterocycles. The van der Waals surface area contributed by atoms with Crippen LogP contribution in [-0.2, 0) is 17.6 Å². The molecule has 0 spiro atoms. The Morgan fingerprint density at radius 3 is 1.92 bits per heavy atom. The van der Waals surface area contributed by atoms with Crippen molar-refractivity contribution >= 4 is 11.5 Å². The van der Waals surface area contributed by atoms with Gasteiger partial charge in [0.2, 0.25) is 0 Å². The van der Waals surface area contributed by atoms with Crippen molar-refractivity contribution in [1.29, 1.82) is 0 Å². The predicted octanol–water partition coefficient (Wildman–Crippen LogP) is 6.09. The summed E-state index contributed by atoms with van der Waals surface area (Å²) in [7, 11) is 0. The molecule has 2 aromatic rings. The van der Waals surface area contributed by atoms with Gasteiger partial charge in [0, 0.05) is 18.5 Å². The molecule has 2 nitrogen and oxygen atoms in total. The van der Waals surface area contributed by atoms with Crippen molar-refractivity contribution < 1.29 is 4.79 Å². The van der Waals surface area contributed by atoms with E-state index >= 15 is 0 Å². The van der Waals surface area contributed by atoms with E-state index in [1.807, 2.05) is 24.3 Å². The van der Waals surface area contributed by atoms with Crippen molar-refractivity contribution in [2.75, 3.05) is 5.73 Å². The largest absolute Gasteiger partial charge is 0.399 e. The van der Waals surface area contributed by atoms with Crippen LogP contribution in [-0.4, -0.2) is 5.78 Å². The Morgan fingerprint density at radius 2 is 1.42 bits per heavy atom. The lowest BCUT2D eigenvalue weighted by Crippen LogP contribution is -2.03. The summed E-state index contributed by atoms with van der Waals surface area (Å²) in [4.78, 5) is 12.2. The first kappa shape index (κ1) is 20.2. The number of benzene rings is 2. The van der Waals surface area contributed by atoms with E-state index in [0.717, 1.165) is 18.5 Å². The number of nitrogen functional groups attached to an aromatic ring is 1. The van der Waals surface area contributed by atoms with E-state index in [4.69, 9.17) is 5.73 Å². The van der Waals surface area contributed by atoms with E-state index in [-0.39, 0.29) is 0 Å². The minimum atomic E-state index is 0.334. The summed E-state index contributed by atoms with van der Waals surface area (Å²) in [5.41, 5.74) is 10.3. The molecule has 0 fully saturated rings. The molecular formula is C24H33NO. The van der Waals surface area contributed by atoms with Gasteiger partial charge in [-0.1, -0.05) is 63.1 Å². The van der Waals surface area contributed by atoms with Gasteiger partial charge in [-0.15, -0.1) is 0 Å². The van der Waals surface area contributed by atoms with Crippen molar-refractivity contribution in [2.45, 2.75) is 71.1 Å². The van der Waals surface area contributed by atoms with Crippen LogP contribution >= 0.6 is 0 Å². The van der Waals surface area contributed by atoms with Gasteiger partial charge in [0.15, 0.2) is 0 Å². The highest BCUT2D eigenvalue weighted by molar-refractivity contribution is 5.78. The van der Waals surface area contributed by atoms with Crippen molar-refractivity contribution in [3.8, 4) is 0 Å². The van der Waals surface area contributed by atoms with E-state index in [0.29, 0.717) is 24.5 Å². The Hall–Kier alpha value is -2.09. The zero-order valence-electron chi connectivity index (χ0n) is 16.3. The third-order valence-corrected chi connectivity index (χ3v) is 5.21. The van der Waals surface area contributed by atoms with Gasteiger partial charge in [0.05, 0.1) is 0 Å². The molecule has 0 radical (unpaired) electrons. The monoisotopic (exact) mass is 351 g/mol. The maximum absolute atomic E-state index is 12.2. The fourth-order valence-electron chi connectivity index (χ4n) is 3.39. The SMILES string of the molecule is CCCCC(CC)c1ccc(CCC(=O)CCc2ccc(N)cc2)cc1. The standard InChI is InChI=1S/C24H33NO/c1-3-5-6-21(4-2)22-13-7-19(8-14-22)11-17-24(26)18-12-20-9-15-23(25)16-10-20/h7-10,13-16,21H,3-6,11-12,17-18,25H2,1-2H3. The van der Waals surface area contributed by atoms with Crippen molar-refractivity contribution in [1.82, 2.24) is 0 Å². The molecule has 26 heavy (non-hydrogen) atoms. The van der Waals surface area contributed by atoms with Crippen LogP contribution in [0.15, 0.2) is 48.5 Å². The fraction of sp³-hybridized carbons (Fsp3) is 0.458. The molecule has 2 N–H and O–H groups in total. The lowest BCUT2D eigenvalue weighted by atomic mass is 9.90. The smallest absolute Gasteiger partial charge is 0.133 e. The van der Waals surface area contributed by atoms with Gasteiger partial charge in [-0.2, -0.15) is 0 Å². The quantitative estimate of drug-likeness (QED) is 0.498. The highest BCUT2D eigenvalue weighted by Gasteiger charge is 2.09. The number of carbonyl (C=O) groups excluding carboxylic acids is 1. The molecule has 0 saturated carbocycles. The second-order valence-electron chi connectivity index (χ2n) is 7.27. The van der Waals surface area contributed by atoms with Crippen molar-refractivity contribution in [3.63, 3.8) is 0 Å². The number of aryl methyl sites for hydroxylation is 2. The molecule has 2 heteroatoms. The van der Waals surface area contributed by atoms with Crippen LogP contribution in [0.25, 0.3) is 0 Å². The van der Waals surface area contributed by atoms with E-state index in [1.165, 1.54) is 42.4 Å². The average molecular weight is 352 g/mol. The second-order valence-corrected chi connectivity index (χ2v) is 7.27. The number of anilines is 1. The van der Waals surface area contributed by atoms with E-state index in [2.05, 4.69) is 38.1 Å². The summed E-state index contributed by atoms with van der Waals surface area (Å²) in [5, 5.41) is 0. The fourth-order valence-corrected chi connectivity index (χ4v) is 3.39. The van der Waals surface area contributed by atoms with Crippen LogP contribution in [0.3, 0.4) is 0 Å². The highest BCUT2D eigenvalue weighted by atomic mass is 16.1. The maximum Gasteiger partial charge on any atom is 0.133 e. The first-order valence-electron chi connectivity index (χ1n) is 10.1. The topological polar surface area (TPSA) is 43.1 Å². The summed E-state index contributed by atoms with van der Waals surface area (Å²) < 4.78 is 0. The lowest BCUT2D eigenvalue weighted by Gasteiger charge is -2.15. The van der Waals surface area contributed by atoms with Gasteiger partial charge in [-0.3, -0.25) is 4.79 Å². The summed E-state index contributed by atoms with van der Waals surface area (Å²) in [6, 6.07) is 16.7. The van der Waals surface area contributed by atoms with Crippen LogP contribution < -0.4 is 5.73 Å². The zero-order valence-corrected chi connectivity index (χ0v) is 16.3. The second kappa shape index (κ2) is 10.8. The number of Topliss-reactive ketones (excluding diaryl/α,β-unsaturated/α-hetero) is 1. The Balaban J connectivity index is 1.77. The Kier molecular flexibility index (Phi) is 8.40. The number of hydrogen-bond acceptors (Lipinski definition) is 2. The first-order chi connectivity index (χ1) is 12.6. The van der Waals surface area contributed by atoms with E-state index in [1.54, 1.807) is 0 Å². The molecule has 0 bridgehead atoms. The third-order valence-electron chi connectivity index (χ3n) is 5.21. The van der Waals surface area contributed by atoms with Gasteiger partial charge in [-0.05, 0) is 60.4 Å². The summed E-state index contributed by atoms with van der Waals surface area (Å²) in [5.74, 6) is 1.01. The minimum Gasteiger partial charge on any atom is -0.399 e. The normalized spacial score (nSPS) is 12.1. The molecule has 1 unspecified atom stereocenters. The Labute approximate surface area is 158 Å². The van der Waals surface area contributed by atoms with Gasteiger partial charge < -0.3 is 5.73 Å². The number of ketones is 1. The third kappa shape index (κ3) is 6.67. The molecule has 1 atom stereocenters. The maximum atomic E-state index is 12.2. The Morgan fingerprint density at radius 1 is 0.885 bits per heavy atom. The van der Waals surface area contributed by atoms with Crippen LogP contribution in [0.5, 0.6) is 0 Å². The number of unbranched alkanes of at least 4 members (excludes halogenated alkanes) is 1. The first-order valence-corrected chi connectivity index (χ1v) is 10.1. The van der Waals surface area contributed by atoms with Crippen LogP contribution in [0.2, 0.25) is 0 Å². The van der Waals surface area contributed by atoms with Gasteiger partial charge in [-0.25, -0.2) is 0 Å². The van der Waals surface area contributed by atoms with Gasteiger partial charge in [0.1, 0.15) is 5.78 Å². The Bertz CT molecular complexity index is 658. The number of hydrogen-bond donors (Lipinski definition) is 1. The molecule has 2 aromatic carbocycles. The molecule has 0 aliphatic rings. The molecule has 0 amide bonds. The zero-order chi connectivity index (χ0) is 18.8. The molecule has 140 valence electrons. The van der Waals surface area contributed by atoms with Crippen molar-refractivity contribution in [3.05, 3.63) is 65.2 Å². The summed E-state index contributed by atoms with van der Waals surface area (Å²) in [6.07, 6.45) is 7.90. The van der Waals surface area contributed by atoms with Crippen LogP contribution in [0.4, 0.5) is 5.69 Å². The number of carbonyl (C=O) groups is 1. The molecule has 0 heterocycles. The highest BCUT2D eigenvalue weighted by Crippen LogP contribution is 2.25. The van der Waals surface area contributed by atoms with E-state index < -0.39 is 0 Å². The molecule has 2 rings (SSSR count). The predicted molar refractivity (Wildman–Crippen MR) is 112 cm³/mol. The van der Waals surface area contributed by atoms with E-state index in [9.17, 15) is 4.79 Å². The van der Waals surface area contributed by atoms with Gasteiger partial charge >= 0.3 is 0 Å². The summed E-state index contributed by atoms with van der Waals surface area (Å²) >= 11 is 0.